The number of methoxy groups -OCH3 is 1. The molecule has 0 bridgehead atoms. The summed E-state index contributed by atoms with van der Waals surface area (Å²) in [4.78, 5) is 33.9. The van der Waals surface area contributed by atoms with Gasteiger partial charge in [-0.3, -0.25) is 4.99 Å². The molecule has 2 aliphatic heterocycles. The number of halogens is 4. The molecule has 2 aromatic heterocycles. The lowest BCUT2D eigenvalue weighted by molar-refractivity contribution is -0.148. The van der Waals surface area contributed by atoms with Crippen LogP contribution in [0.4, 0.5) is 18.0 Å². The number of amides is 1. The Kier molecular flexibility index (Phi) is 6.84. The fraction of sp³-hybridized carbons (Fsp3) is 0.261. The summed E-state index contributed by atoms with van der Waals surface area (Å²) in [5, 5.41) is 11.9. The van der Waals surface area contributed by atoms with Gasteiger partial charge in [0.2, 0.25) is 0 Å². The van der Waals surface area contributed by atoms with Crippen molar-refractivity contribution >= 4 is 46.4 Å². The molecular weight excluding hydrogens is 549 g/mol. The third-order valence-electron chi connectivity index (χ3n) is 5.95. The first-order chi connectivity index (χ1) is 18.2. The molecular formula is C23H18ClF3N6O4S. The average molecular weight is 567 g/mol. The highest BCUT2D eigenvalue weighted by Crippen LogP contribution is 2.42. The van der Waals surface area contributed by atoms with Gasteiger partial charge in [0.25, 0.3) is 0 Å². The van der Waals surface area contributed by atoms with Gasteiger partial charge in [-0.05, 0) is 18.2 Å². The summed E-state index contributed by atoms with van der Waals surface area (Å²) < 4.78 is 51.3. The minimum atomic E-state index is -2.92. The molecule has 2 aliphatic rings. The monoisotopic (exact) mass is 566 g/mol. The molecule has 10 nitrogen and oxygen atoms in total. The van der Waals surface area contributed by atoms with Crippen LogP contribution in [0.3, 0.4) is 0 Å². The number of carbonyl (C=O) groups excluding carboxylic acids is 2. The second-order valence-corrected chi connectivity index (χ2v) is 9.61. The Labute approximate surface area is 222 Å². The van der Waals surface area contributed by atoms with Crippen molar-refractivity contribution in [3.63, 3.8) is 0 Å². The molecule has 15 heteroatoms. The minimum Gasteiger partial charge on any atom is -0.467 e. The number of benzene rings is 1. The Balaban J connectivity index is 1.73. The van der Waals surface area contributed by atoms with Crippen LogP contribution in [0.1, 0.15) is 35.3 Å². The van der Waals surface area contributed by atoms with Crippen molar-refractivity contribution in [2.45, 2.75) is 24.6 Å². The number of hydrogen-bond donors (Lipinski definition) is 2. The first kappa shape index (κ1) is 25.7. The van der Waals surface area contributed by atoms with E-state index in [4.69, 9.17) is 26.1 Å². The van der Waals surface area contributed by atoms with Gasteiger partial charge in [0.15, 0.2) is 16.4 Å². The maximum Gasteiger partial charge on any atom is 0.408 e. The van der Waals surface area contributed by atoms with Crippen LogP contribution < -0.4 is 10.6 Å². The molecule has 0 unspecified atom stereocenters. The molecule has 198 valence electrons. The molecule has 0 aliphatic carbocycles. The first-order valence-corrected chi connectivity index (χ1v) is 12.3. The van der Waals surface area contributed by atoms with Crippen molar-refractivity contribution in [1.29, 1.82) is 0 Å². The number of nitrogens with zero attached hydrogens (tertiary/aromatic N) is 4. The zero-order valence-electron chi connectivity index (χ0n) is 19.5. The largest absolute Gasteiger partial charge is 0.467 e. The standard InChI is InChI=1S/C23H18ClF3N6O4S/c1-36-20(34)23(10-37-22(35)31-23)9-15-16(14-4-6-33(32-14)21(26)27)17(12-3-2-11(25)8-13(12)24)30-18(29-15)19-28-5-7-38-19/h2-8,17,21H,9-10H2,1H3,(H,29,30)(H,31,35)/t17-,23-/m0/s1. The van der Waals surface area contributed by atoms with E-state index in [1.165, 1.54) is 29.5 Å². The zero-order valence-corrected chi connectivity index (χ0v) is 21.0. The van der Waals surface area contributed by atoms with E-state index in [1.54, 1.807) is 11.6 Å². The lowest BCUT2D eigenvalue weighted by Crippen LogP contribution is -2.53. The highest BCUT2D eigenvalue weighted by atomic mass is 35.5. The van der Waals surface area contributed by atoms with E-state index in [0.29, 0.717) is 15.3 Å². The highest BCUT2D eigenvalue weighted by Gasteiger charge is 2.49. The quantitative estimate of drug-likeness (QED) is 0.414. The van der Waals surface area contributed by atoms with Crippen LogP contribution in [0.25, 0.3) is 5.57 Å². The Morgan fingerprint density at radius 3 is 2.82 bits per heavy atom. The van der Waals surface area contributed by atoms with E-state index in [9.17, 15) is 22.8 Å². The van der Waals surface area contributed by atoms with Crippen LogP contribution in [0.2, 0.25) is 5.02 Å². The van der Waals surface area contributed by atoms with Crippen molar-refractivity contribution in [3.05, 3.63) is 74.8 Å². The number of alkyl halides is 2. The average Bonchev–Trinajstić information content (AvgIpc) is 3.65. The van der Waals surface area contributed by atoms with E-state index >= 15 is 0 Å². The number of thiazole rings is 1. The molecule has 1 saturated heterocycles. The summed E-state index contributed by atoms with van der Waals surface area (Å²) in [6, 6.07) is 4.10. The van der Waals surface area contributed by atoms with Crippen LogP contribution >= 0.6 is 22.9 Å². The summed E-state index contributed by atoms with van der Waals surface area (Å²) in [5.41, 5.74) is -0.659. The Morgan fingerprint density at radius 2 is 2.21 bits per heavy atom. The normalized spacial score (nSPS) is 21.2. The number of hydrogen-bond acceptors (Lipinski definition) is 9. The Hall–Kier alpha value is -3.91. The van der Waals surface area contributed by atoms with Crippen molar-refractivity contribution < 1.29 is 32.2 Å². The highest BCUT2D eigenvalue weighted by molar-refractivity contribution is 7.11. The number of ether oxygens (including phenoxy) is 2. The van der Waals surface area contributed by atoms with Gasteiger partial charge in [0.1, 0.15) is 18.5 Å². The van der Waals surface area contributed by atoms with Gasteiger partial charge in [-0.1, -0.05) is 17.7 Å². The number of esters is 1. The smallest absolute Gasteiger partial charge is 0.408 e. The third kappa shape index (κ3) is 4.72. The molecule has 38 heavy (non-hydrogen) atoms. The topological polar surface area (TPSA) is 120 Å². The molecule has 4 heterocycles. The fourth-order valence-corrected chi connectivity index (χ4v) is 5.11. The second kappa shape index (κ2) is 10.1. The zero-order chi connectivity index (χ0) is 27.0. The van der Waals surface area contributed by atoms with Crippen LogP contribution in [0.15, 0.2) is 52.7 Å². The maximum absolute atomic E-state index is 13.9. The summed E-state index contributed by atoms with van der Waals surface area (Å²) >= 11 is 7.69. The number of aliphatic imine (C=N–C) groups is 1. The second-order valence-electron chi connectivity index (χ2n) is 8.31. The lowest BCUT2D eigenvalue weighted by Gasteiger charge is -2.32. The predicted molar refractivity (Wildman–Crippen MR) is 130 cm³/mol. The maximum atomic E-state index is 13.9. The van der Waals surface area contributed by atoms with E-state index in [-0.39, 0.29) is 40.9 Å². The number of amidine groups is 1. The van der Waals surface area contributed by atoms with Crippen LogP contribution in [-0.2, 0) is 14.3 Å². The van der Waals surface area contributed by atoms with Gasteiger partial charge < -0.3 is 20.1 Å². The molecule has 2 atom stereocenters. The van der Waals surface area contributed by atoms with E-state index < -0.39 is 36.0 Å². The van der Waals surface area contributed by atoms with E-state index in [1.807, 2.05) is 0 Å². The van der Waals surface area contributed by atoms with Gasteiger partial charge in [-0.25, -0.2) is 23.6 Å². The number of alkyl carbamates (subject to hydrolysis) is 1. The van der Waals surface area contributed by atoms with Gasteiger partial charge in [0, 0.05) is 46.1 Å². The van der Waals surface area contributed by atoms with Crippen molar-refractivity contribution in [1.82, 2.24) is 25.4 Å². The molecule has 3 aromatic rings. The molecule has 5 rings (SSSR count). The van der Waals surface area contributed by atoms with Gasteiger partial charge in [-0.2, -0.15) is 13.9 Å². The number of aromatic nitrogens is 3. The van der Waals surface area contributed by atoms with Crippen molar-refractivity contribution in [2.24, 2.45) is 4.99 Å². The van der Waals surface area contributed by atoms with Gasteiger partial charge in [-0.15, -0.1) is 11.3 Å². The number of carbonyl (C=O) groups is 2. The summed E-state index contributed by atoms with van der Waals surface area (Å²) in [6.07, 6.45) is 1.60. The number of nitrogens with one attached hydrogen (secondary N) is 2. The van der Waals surface area contributed by atoms with E-state index in [0.717, 1.165) is 19.4 Å². The SMILES string of the molecule is COC(=O)[C@]1(CC2=C(c3ccn(C(F)F)n3)[C@H](c3ccc(F)cc3Cl)N=C(c3nccs3)N2)COC(=O)N1. The molecule has 0 spiro atoms. The summed E-state index contributed by atoms with van der Waals surface area (Å²) in [5.74, 6) is -1.09. The van der Waals surface area contributed by atoms with Crippen molar-refractivity contribution in [2.75, 3.05) is 13.7 Å². The molecule has 0 saturated carbocycles. The number of cyclic esters (lactones) is 1. The third-order valence-corrected chi connectivity index (χ3v) is 7.06. The molecule has 1 aromatic carbocycles. The summed E-state index contributed by atoms with van der Waals surface area (Å²) in [6.45, 7) is -3.27. The van der Waals surface area contributed by atoms with Gasteiger partial charge in [0.05, 0.1) is 12.8 Å². The first-order valence-electron chi connectivity index (χ1n) is 11.0. The lowest BCUT2D eigenvalue weighted by atomic mass is 9.87. The minimum absolute atomic E-state index is 0.0319. The Bertz CT molecular complexity index is 1460. The predicted octanol–water partition coefficient (Wildman–Crippen LogP) is 4.07. The van der Waals surface area contributed by atoms with Gasteiger partial charge >= 0.3 is 18.6 Å². The van der Waals surface area contributed by atoms with Crippen LogP contribution in [-0.4, -0.2) is 51.9 Å². The number of rotatable bonds is 7. The summed E-state index contributed by atoms with van der Waals surface area (Å²) in [7, 11) is 1.16. The Morgan fingerprint density at radius 1 is 1.39 bits per heavy atom. The van der Waals surface area contributed by atoms with Crippen molar-refractivity contribution in [3.8, 4) is 0 Å². The molecule has 0 radical (unpaired) electrons. The molecule has 2 N–H and O–H groups in total. The van der Waals surface area contributed by atoms with Crippen LogP contribution in [0.5, 0.6) is 0 Å². The fourth-order valence-electron chi connectivity index (χ4n) is 4.25. The molecule has 1 amide bonds. The molecule has 1 fully saturated rings. The van der Waals surface area contributed by atoms with E-state index in [2.05, 4.69) is 20.7 Å². The van der Waals surface area contributed by atoms with Crippen LogP contribution in [0, 0.1) is 5.82 Å².